The quantitative estimate of drug-likeness (QED) is 0.105. The summed E-state index contributed by atoms with van der Waals surface area (Å²) in [6.07, 6.45) is 2.75. The van der Waals surface area contributed by atoms with Gasteiger partial charge in [0.1, 0.15) is 22.1 Å². The number of benzene rings is 4. The van der Waals surface area contributed by atoms with Crippen molar-refractivity contribution in [1.82, 2.24) is 0 Å². The standard InChI is InChI=1S/C30H28O6S2/c1-3-4-18-35-24-11-14-27(15-12-24)37-29-17-10-22(28-16-13-26(34-2)19-23(28)21-31)20-30(29)38(32,33)36-25-8-6-5-7-9-25/h5-17,19-21H,3-4,18H2,1-2H3. The number of carbonyl (C=O) groups excluding carboxylic acids is 1. The van der Waals surface area contributed by atoms with E-state index in [-0.39, 0.29) is 10.6 Å². The fourth-order valence-electron chi connectivity index (χ4n) is 3.70. The summed E-state index contributed by atoms with van der Waals surface area (Å²) >= 11 is 1.30. The summed E-state index contributed by atoms with van der Waals surface area (Å²) in [7, 11) is -2.69. The molecule has 0 amide bonds. The first-order valence-corrected chi connectivity index (χ1v) is 14.3. The third-order valence-corrected chi connectivity index (χ3v) is 8.18. The summed E-state index contributed by atoms with van der Waals surface area (Å²) in [5.74, 6) is 1.50. The molecule has 38 heavy (non-hydrogen) atoms. The van der Waals surface area contributed by atoms with E-state index in [9.17, 15) is 13.2 Å². The number of ether oxygens (including phenoxy) is 2. The predicted octanol–water partition coefficient (Wildman–Crippen LogP) is 7.27. The van der Waals surface area contributed by atoms with Gasteiger partial charge in [-0.2, -0.15) is 8.42 Å². The van der Waals surface area contributed by atoms with Gasteiger partial charge in [-0.1, -0.05) is 49.4 Å². The molecule has 0 aromatic heterocycles. The van der Waals surface area contributed by atoms with Crippen LogP contribution in [0, 0.1) is 0 Å². The number of carbonyl (C=O) groups is 1. The van der Waals surface area contributed by atoms with Crippen LogP contribution in [0.15, 0.2) is 106 Å². The van der Waals surface area contributed by atoms with E-state index in [0.717, 1.165) is 29.8 Å². The largest absolute Gasteiger partial charge is 0.497 e. The molecule has 0 heterocycles. The van der Waals surface area contributed by atoms with Crippen LogP contribution in [0.3, 0.4) is 0 Å². The summed E-state index contributed by atoms with van der Waals surface area (Å²) < 4.78 is 43.4. The van der Waals surface area contributed by atoms with Gasteiger partial charge in [0.2, 0.25) is 0 Å². The Kier molecular flexibility index (Phi) is 9.10. The van der Waals surface area contributed by atoms with Crippen LogP contribution in [-0.4, -0.2) is 28.4 Å². The van der Waals surface area contributed by atoms with Gasteiger partial charge < -0.3 is 13.7 Å². The number of aldehydes is 1. The number of unbranched alkanes of at least 4 members (excludes halogenated alkanes) is 1. The van der Waals surface area contributed by atoms with Crippen molar-refractivity contribution >= 4 is 28.2 Å². The number of para-hydroxylation sites is 1. The molecule has 0 spiro atoms. The zero-order valence-electron chi connectivity index (χ0n) is 21.1. The lowest BCUT2D eigenvalue weighted by atomic mass is 10.0. The van der Waals surface area contributed by atoms with Crippen molar-refractivity contribution in [2.45, 2.75) is 34.5 Å². The molecule has 0 aliphatic rings. The van der Waals surface area contributed by atoms with Gasteiger partial charge in [0, 0.05) is 15.4 Å². The van der Waals surface area contributed by atoms with E-state index in [2.05, 4.69) is 6.92 Å². The molecule has 6 nitrogen and oxygen atoms in total. The topological polar surface area (TPSA) is 78.9 Å². The average Bonchev–Trinajstić information content (AvgIpc) is 2.94. The van der Waals surface area contributed by atoms with Crippen LogP contribution in [0.1, 0.15) is 30.1 Å². The highest BCUT2D eigenvalue weighted by Crippen LogP contribution is 2.38. The van der Waals surface area contributed by atoms with E-state index in [1.165, 1.54) is 24.9 Å². The van der Waals surface area contributed by atoms with Gasteiger partial charge in [0.05, 0.1) is 13.7 Å². The molecule has 4 aromatic carbocycles. The first-order chi connectivity index (χ1) is 18.4. The van der Waals surface area contributed by atoms with Crippen molar-refractivity contribution in [2.24, 2.45) is 0 Å². The van der Waals surface area contributed by atoms with Gasteiger partial charge in [-0.15, -0.1) is 0 Å². The molecule has 0 unspecified atom stereocenters. The van der Waals surface area contributed by atoms with Gasteiger partial charge in [0.15, 0.2) is 6.29 Å². The third-order valence-electron chi connectivity index (χ3n) is 5.68. The Morgan fingerprint density at radius 2 is 1.58 bits per heavy atom. The van der Waals surface area contributed by atoms with Gasteiger partial charge in [0.25, 0.3) is 0 Å². The summed E-state index contributed by atoms with van der Waals surface area (Å²) in [6, 6.07) is 26.0. The third kappa shape index (κ3) is 6.76. The maximum Gasteiger partial charge on any atom is 0.340 e. The smallest absolute Gasteiger partial charge is 0.340 e. The molecule has 0 saturated heterocycles. The second-order valence-electron chi connectivity index (χ2n) is 8.36. The Hall–Kier alpha value is -3.75. The van der Waals surface area contributed by atoms with E-state index < -0.39 is 10.1 Å². The second kappa shape index (κ2) is 12.7. The molecule has 0 saturated carbocycles. The molecule has 4 rings (SSSR count). The first-order valence-electron chi connectivity index (χ1n) is 12.1. The number of rotatable bonds is 12. The van der Waals surface area contributed by atoms with Crippen molar-refractivity contribution in [3.8, 4) is 28.4 Å². The molecule has 8 heteroatoms. The number of hydrogen-bond donors (Lipinski definition) is 0. The fraction of sp³-hybridized carbons (Fsp3) is 0.167. The summed E-state index contributed by atoms with van der Waals surface area (Å²) in [4.78, 5) is 13.1. The first kappa shape index (κ1) is 27.3. The highest BCUT2D eigenvalue weighted by molar-refractivity contribution is 8.00. The zero-order valence-corrected chi connectivity index (χ0v) is 22.8. The van der Waals surface area contributed by atoms with Crippen LogP contribution in [0.4, 0.5) is 0 Å². The molecule has 0 radical (unpaired) electrons. The maximum absolute atomic E-state index is 13.5. The van der Waals surface area contributed by atoms with Crippen molar-refractivity contribution < 1.29 is 26.9 Å². The van der Waals surface area contributed by atoms with Crippen LogP contribution in [0.2, 0.25) is 0 Å². The highest BCUT2D eigenvalue weighted by atomic mass is 32.2. The molecule has 0 atom stereocenters. The van der Waals surface area contributed by atoms with Gasteiger partial charge in [-0.25, -0.2) is 0 Å². The van der Waals surface area contributed by atoms with E-state index in [0.29, 0.717) is 33.9 Å². The lowest BCUT2D eigenvalue weighted by molar-refractivity contribution is 0.112. The minimum atomic E-state index is -4.21. The monoisotopic (exact) mass is 548 g/mol. The van der Waals surface area contributed by atoms with Gasteiger partial charge in [-0.3, -0.25) is 4.79 Å². The molecule has 0 bridgehead atoms. The van der Waals surface area contributed by atoms with Crippen LogP contribution < -0.4 is 13.7 Å². The van der Waals surface area contributed by atoms with E-state index in [4.69, 9.17) is 13.7 Å². The van der Waals surface area contributed by atoms with Crippen LogP contribution >= 0.6 is 11.8 Å². The van der Waals surface area contributed by atoms with Crippen LogP contribution in [0.5, 0.6) is 17.2 Å². The fourth-order valence-corrected chi connectivity index (χ4v) is 5.99. The van der Waals surface area contributed by atoms with Gasteiger partial charge >= 0.3 is 10.1 Å². The molecule has 0 aliphatic heterocycles. The Morgan fingerprint density at radius 1 is 0.842 bits per heavy atom. The second-order valence-corrected chi connectivity index (χ2v) is 11.0. The lowest BCUT2D eigenvalue weighted by Gasteiger charge is -2.14. The minimum absolute atomic E-state index is 0.000192. The number of methoxy groups -OCH3 is 1. The van der Waals surface area contributed by atoms with E-state index in [1.54, 1.807) is 60.7 Å². The Bertz CT molecular complexity index is 1480. The van der Waals surface area contributed by atoms with Crippen molar-refractivity contribution in [3.63, 3.8) is 0 Å². The Balaban J connectivity index is 1.72. The molecule has 0 aliphatic carbocycles. The molecule has 0 N–H and O–H groups in total. The number of hydrogen-bond acceptors (Lipinski definition) is 7. The lowest BCUT2D eigenvalue weighted by Crippen LogP contribution is -2.11. The van der Waals surface area contributed by atoms with E-state index in [1.807, 2.05) is 24.3 Å². The van der Waals surface area contributed by atoms with Crippen LogP contribution in [0.25, 0.3) is 11.1 Å². The average molecular weight is 549 g/mol. The maximum atomic E-state index is 13.5. The Labute approximate surface area is 227 Å². The summed E-state index contributed by atoms with van der Waals surface area (Å²) in [5, 5.41) is 0. The molecular weight excluding hydrogens is 520 g/mol. The molecule has 0 fully saturated rings. The van der Waals surface area contributed by atoms with Crippen molar-refractivity contribution in [3.05, 3.63) is 96.6 Å². The van der Waals surface area contributed by atoms with Crippen molar-refractivity contribution in [1.29, 1.82) is 0 Å². The normalized spacial score (nSPS) is 11.1. The van der Waals surface area contributed by atoms with Gasteiger partial charge in [-0.05, 0) is 84.3 Å². The molecule has 4 aromatic rings. The predicted molar refractivity (Wildman–Crippen MR) is 149 cm³/mol. The summed E-state index contributed by atoms with van der Waals surface area (Å²) in [6.45, 7) is 2.76. The minimum Gasteiger partial charge on any atom is -0.497 e. The van der Waals surface area contributed by atoms with Crippen LogP contribution in [-0.2, 0) is 10.1 Å². The summed E-state index contributed by atoms with van der Waals surface area (Å²) in [5.41, 5.74) is 1.53. The van der Waals surface area contributed by atoms with E-state index >= 15 is 0 Å². The molecular formula is C30H28O6S2. The molecule has 196 valence electrons. The Morgan fingerprint density at radius 3 is 2.26 bits per heavy atom. The SMILES string of the molecule is CCCCOc1ccc(Sc2ccc(-c3ccc(OC)cc3C=O)cc2S(=O)(=O)Oc2ccccc2)cc1. The zero-order chi connectivity index (χ0) is 27.0. The highest BCUT2D eigenvalue weighted by Gasteiger charge is 2.23. The van der Waals surface area contributed by atoms with Crippen molar-refractivity contribution in [2.75, 3.05) is 13.7 Å².